The Morgan fingerprint density at radius 1 is 1.20 bits per heavy atom. The first-order valence-corrected chi connectivity index (χ1v) is 10.7. The van der Waals surface area contributed by atoms with Crippen molar-refractivity contribution in [1.29, 1.82) is 0 Å². The van der Waals surface area contributed by atoms with E-state index in [-0.39, 0.29) is 0 Å². The van der Waals surface area contributed by atoms with E-state index in [0.717, 1.165) is 55.1 Å². The van der Waals surface area contributed by atoms with Crippen LogP contribution in [0.2, 0.25) is 0 Å². The second kappa shape index (κ2) is 9.60. The number of methoxy groups -OCH3 is 1. The van der Waals surface area contributed by atoms with Crippen LogP contribution in [0, 0.1) is 6.92 Å². The predicted octanol–water partition coefficient (Wildman–Crippen LogP) is 3.84. The maximum atomic E-state index is 9.67. The minimum Gasteiger partial charge on any atom is -0.493 e. The van der Waals surface area contributed by atoms with Crippen LogP contribution >= 0.6 is 0 Å². The number of rotatable bonds is 9. The lowest BCUT2D eigenvalue weighted by molar-refractivity contribution is -0.0777. The third-order valence-corrected chi connectivity index (χ3v) is 5.75. The summed E-state index contributed by atoms with van der Waals surface area (Å²) in [6.07, 6.45) is 9.88. The highest BCUT2D eigenvalue weighted by atomic mass is 16.6. The highest BCUT2D eigenvalue weighted by molar-refractivity contribution is 5.69. The van der Waals surface area contributed by atoms with E-state index in [1.807, 2.05) is 13.0 Å². The maximum absolute atomic E-state index is 9.67. The van der Waals surface area contributed by atoms with Crippen LogP contribution in [0.25, 0.3) is 5.57 Å². The lowest BCUT2D eigenvalue weighted by Gasteiger charge is -2.14. The Balaban J connectivity index is 1.39. The molecule has 0 spiro atoms. The molecule has 6 heteroatoms. The molecule has 0 radical (unpaired) electrons. The Bertz CT molecular complexity index is 945. The first-order chi connectivity index (χ1) is 14.7. The molecule has 2 heterocycles. The fraction of sp³-hybridized carbons (Fsp3) is 0.458. The van der Waals surface area contributed by atoms with Crippen molar-refractivity contribution in [3.8, 4) is 5.75 Å². The summed E-state index contributed by atoms with van der Waals surface area (Å²) in [4.78, 5) is 4.69. The SMILES string of the molecule is COC(O)CCc1ccc(OCCc2nc(C3=CCCC=C3)oc2C)c2c1CNC2. The van der Waals surface area contributed by atoms with Gasteiger partial charge in [-0.3, -0.25) is 0 Å². The molecule has 0 amide bonds. The molecular weight excluding hydrogens is 380 g/mol. The predicted molar refractivity (Wildman–Crippen MR) is 115 cm³/mol. The molecule has 2 aliphatic rings. The normalized spacial score (nSPS) is 16.4. The van der Waals surface area contributed by atoms with Gasteiger partial charge in [-0.1, -0.05) is 24.3 Å². The van der Waals surface area contributed by atoms with Crippen LogP contribution in [0.15, 0.2) is 34.8 Å². The van der Waals surface area contributed by atoms with Crippen LogP contribution in [-0.4, -0.2) is 30.1 Å². The van der Waals surface area contributed by atoms with E-state index in [1.54, 1.807) is 0 Å². The topological polar surface area (TPSA) is 76.8 Å². The van der Waals surface area contributed by atoms with Gasteiger partial charge in [0.2, 0.25) is 5.89 Å². The second-order valence-electron chi connectivity index (χ2n) is 7.77. The second-order valence-corrected chi connectivity index (χ2v) is 7.77. The molecule has 1 aliphatic carbocycles. The molecule has 0 fully saturated rings. The van der Waals surface area contributed by atoms with E-state index in [9.17, 15) is 5.11 Å². The van der Waals surface area contributed by atoms with Gasteiger partial charge in [-0.15, -0.1) is 0 Å². The fourth-order valence-electron chi connectivity index (χ4n) is 4.03. The molecule has 30 heavy (non-hydrogen) atoms. The lowest BCUT2D eigenvalue weighted by Crippen LogP contribution is -2.11. The van der Waals surface area contributed by atoms with Crippen molar-refractivity contribution in [3.05, 3.63) is 64.4 Å². The summed E-state index contributed by atoms with van der Waals surface area (Å²) in [7, 11) is 1.52. The minimum atomic E-state index is -0.721. The van der Waals surface area contributed by atoms with Crippen molar-refractivity contribution < 1.29 is 19.0 Å². The van der Waals surface area contributed by atoms with Gasteiger partial charge >= 0.3 is 0 Å². The van der Waals surface area contributed by atoms with Crippen LogP contribution in [0.3, 0.4) is 0 Å². The summed E-state index contributed by atoms with van der Waals surface area (Å²) < 4.78 is 17.0. The molecule has 1 unspecified atom stereocenters. The number of hydrogen-bond acceptors (Lipinski definition) is 6. The molecule has 1 aromatic heterocycles. The number of fused-ring (bicyclic) bond motifs is 1. The number of allylic oxidation sites excluding steroid dienone is 4. The average molecular weight is 411 g/mol. The maximum Gasteiger partial charge on any atom is 0.226 e. The summed E-state index contributed by atoms with van der Waals surface area (Å²) in [6, 6.07) is 4.14. The van der Waals surface area contributed by atoms with Gasteiger partial charge in [0, 0.05) is 44.2 Å². The van der Waals surface area contributed by atoms with Gasteiger partial charge in [0.05, 0.1) is 12.3 Å². The number of nitrogens with zero attached hydrogens (tertiary/aromatic N) is 1. The Labute approximate surface area is 177 Å². The van der Waals surface area contributed by atoms with E-state index < -0.39 is 6.29 Å². The Hall–Kier alpha value is -2.41. The lowest BCUT2D eigenvalue weighted by atomic mass is 9.98. The summed E-state index contributed by atoms with van der Waals surface area (Å²) in [5.41, 5.74) is 5.75. The number of aromatic nitrogens is 1. The molecule has 1 atom stereocenters. The number of aliphatic hydroxyl groups excluding tert-OH is 1. The van der Waals surface area contributed by atoms with Crippen molar-refractivity contribution in [3.63, 3.8) is 0 Å². The highest BCUT2D eigenvalue weighted by Crippen LogP contribution is 2.31. The molecule has 0 saturated carbocycles. The molecular formula is C24H30N2O4. The zero-order valence-corrected chi connectivity index (χ0v) is 17.7. The van der Waals surface area contributed by atoms with Crippen LogP contribution in [-0.2, 0) is 30.7 Å². The van der Waals surface area contributed by atoms with Gasteiger partial charge < -0.3 is 24.3 Å². The number of nitrogens with one attached hydrogen (secondary N) is 1. The summed E-state index contributed by atoms with van der Waals surface area (Å²) in [5.74, 6) is 2.48. The fourth-order valence-corrected chi connectivity index (χ4v) is 4.03. The Morgan fingerprint density at radius 2 is 2.07 bits per heavy atom. The first kappa shape index (κ1) is 20.8. The summed E-state index contributed by atoms with van der Waals surface area (Å²) >= 11 is 0. The molecule has 0 bridgehead atoms. The van der Waals surface area contributed by atoms with Crippen LogP contribution in [0.1, 0.15) is 53.3 Å². The molecule has 6 nitrogen and oxygen atoms in total. The van der Waals surface area contributed by atoms with Gasteiger partial charge in [-0.05, 0) is 43.4 Å². The number of hydrogen-bond donors (Lipinski definition) is 2. The molecule has 4 rings (SSSR count). The van der Waals surface area contributed by atoms with Crippen LogP contribution < -0.4 is 10.1 Å². The molecule has 2 aromatic rings. The number of aliphatic hydroxyl groups is 1. The quantitative estimate of drug-likeness (QED) is 0.612. The largest absolute Gasteiger partial charge is 0.493 e. The number of ether oxygens (including phenoxy) is 2. The van der Waals surface area contributed by atoms with Gasteiger partial charge in [0.1, 0.15) is 11.5 Å². The van der Waals surface area contributed by atoms with Crippen LogP contribution in [0.5, 0.6) is 5.75 Å². The minimum absolute atomic E-state index is 0.551. The zero-order valence-electron chi connectivity index (χ0n) is 17.7. The van der Waals surface area contributed by atoms with Crippen molar-refractivity contribution >= 4 is 5.57 Å². The number of oxazole rings is 1. The number of aryl methyl sites for hydroxylation is 2. The van der Waals surface area contributed by atoms with E-state index >= 15 is 0 Å². The van der Waals surface area contributed by atoms with Crippen molar-refractivity contribution in [2.45, 2.75) is 58.4 Å². The van der Waals surface area contributed by atoms with E-state index in [1.165, 1.54) is 23.8 Å². The molecule has 0 saturated heterocycles. The molecule has 1 aromatic carbocycles. The third-order valence-electron chi connectivity index (χ3n) is 5.75. The van der Waals surface area contributed by atoms with Gasteiger partial charge in [-0.25, -0.2) is 4.98 Å². The average Bonchev–Trinajstić information content (AvgIpc) is 3.41. The van der Waals surface area contributed by atoms with E-state index in [0.29, 0.717) is 25.3 Å². The molecule has 2 N–H and O–H groups in total. The number of benzene rings is 1. The zero-order chi connectivity index (χ0) is 20.9. The van der Waals surface area contributed by atoms with Gasteiger partial charge in [0.15, 0.2) is 6.29 Å². The van der Waals surface area contributed by atoms with Crippen LogP contribution in [0.4, 0.5) is 0 Å². The standard InChI is InChI=1S/C24H30N2O4/c1-16-21(26-24(30-16)18-6-4-3-5-7-18)12-13-29-22-10-8-17(9-11-23(27)28-2)19-14-25-15-20(19)22/h4,6-8,10,23,25,27H,3,5,9,11-15H2,1-2H3. The van der Waals surface area contributed by atoms with Crippen molar-refractivity contribution in [2.24, 2.45) is 0 Å². The smallest absolute Gasteiger partial charge is 0.226 e. The molecule has 160 valence electrons. The third kappa shape index (κ3) is 4.67. The van der Waals surface area contributed by atoms with Gasteiger partial charge in [-0.2, -0.15) is 0 Å². The van der Waals surface area contributed by atoms with E-state index in [4.69, 9.17) is 13.9 Å². The Kier molecular flexibility index (Phi) is 6.67. The van der Waals surface area contributed by atoms with Crippen molar-refractivity contribution in [2.75, 3.05) is 13.7 Å². The summed E-state index contributed by atoms with van der Waals surface area (Å²) in [6.45, 7) is 4.15. The van der Waals surface area contributed by atoms with Gasteiger partial charge in [0.25, 0.3) is 0 Å². The van der Waals surface area contributed by atoms with E-state index in [2.05, 4.69) is 34.6 Å². The summed E-state index contributed by atoms with van der Waals surface area (Å²) in [5, 5.41) is 13.1. The first-order valence-electron chi connectivity index (χ1n) is 10.7. The highest BCUT2D eigenvalue weighted by Gasteiger charge is 2.20. The Morgan fingerprint density at radius 3 is 2.87 bits per heavy atom. The molecule has 1 aliphatic heterocycles. The monoisotopic (exact) mass is 410 g/mol. The van der Waals surface area contributed by atoms with Crippen molar-refractivity contribution in [1.82, 2.24) is 10.3 Å².